The molecule has 2 aromatic rings. The third-order valence-corrected chi connectivity index (χ3v) is 7.29. The van der Waals surface area contributed by atoms with Gasteiger partial charge in [-0.15, -0.1) is 0 Å². The Kier molecular flexibility index (Phi) is 6.07. The molecule has 0 aromatic carbocycles. The summed E-state index contributed by atoms with van der Waals surface area (Å²) in [6.45, 7) is 1.72. The molecule has 31 heavy (non-hydrogen) atoms. The highest BCUT2D eigenvalue weighted by Crippen LogP contribution is 2.39. The van der Waals surface area contributed by atoms with E-state index in [1.54, 1.807) is 0 Å². The van der Waals surface area contributed by atoms with E-state index < -0.39 is 21.8 Å². The number of anilines is 2. The van der Waals surface area contributed by atoms with Crippen molar-refractivity contribution in [1.82, 2.24) is 19.3 Å². The number of sulfonamides is 1. The zero-order chi connectivity index (χ0) is 22.2. The molecule has 2 aromatic heterocycles. The van der Waals surface area contributed by atoms with Crippen LogP contribution in [0.25, 0.3) is 10.6 Å². The largest absolute Gasteiger partial charge is 0.420 e. The van der Waals surface area contributed by atoms with E-state index in [0.29, 0.717) is 44.3 Å². The number of nitrogens with zero attached hydrogens (tertiary/aromatic N) is 4. The molecule has 0 atom stereocenters. The van der Waals surface area contributed by atoms with E-state index in [-0.39, 0.29) is 28.6 Å². The van der Waals surface area contributed by atoms with E-state index in [1.807, 2.05) is 0 Å². The van der Waals surface area contributed by atoms with Crippen LogP contribution in [0.3, 0.4) is 0 Å². The molecule has 2 N–H and O–H groups in total. The first kappa shape index (κ1) is 22.2. The number of halogens is 3. The summed E-state index contributed by atoms with van der Waals surface area (Å²) < 4.78 is 70.4. The molecule has 2 aliphatic rings. The Morgan fingerprint density at radius 2 is 1.84 bits per heavy atom. The zero-order valence-corrected chi connectivity index (χ0v) is 18.1. The van der Waals surface area contributed by atoms with Crippen molar-refractivity contribution in [3.05, 3.63) is 18.0 Å². The van der Waals surface area contributed by atoms with Crippen molar-refractivity contribution in [1.29, 1.82) is 0 Å². The molecule has 4 heterocycles. The summed E-state index contributed by atoms with van der Waals surface area (Å²) in [6.07, 6.45) is -0.326. The van der Waals surface area contributed by atoms with E-state index in [1.165, 1.54) is 10.5 Å². The van der Waals surface area contributed by atoms with Gasteiger partial charge < -0.3 is 15.4 Å². The lowest BCUT2D eigenvalue weighted by molar-refractivity contribution is -0.137. The smallest absolute Gasteiger partial charge is 0.377 e. The lowest BCUT2D eigenvalue weighted by atomic mass is 10.1. The zero-order valence-electron chi connectivity index (χ0n) is 16.5. The van der Waals surface area contributed by atoms with E-state index in [4.69, 9.17) is 4.74 Å². The summed E-state index contributed by atoms with van der Waals surface area (Å²) in [6, 6.07) is -0.0404. The Balaban J connectivity index is 1.53. The fourth-order valence-corrected chi connectivity index (χ4v) is 5.08. The van der Waals surface area contributed by atoms with Gasteiger partial charge in [-0.2, -0.15) is 13.2 Å². The molecular formula is C17H21F3N6O3S2. The topological polar surface area (TPSA) is 109 Å². The lowest BCUT2D eigenvalue weighted by Crippen LogP contribution is -2.42. The monoisotopic (exact) mass is 478 g/mol. The van der Waals surface area contributed by atoms with Crippen LogP contribution < -0.4 is 10.6 Å². The normalized spacial score (nSPS) is 19.2. The molecule has 2 fully saturated rings. The van der Waals surface area contributed by atoms with Crippen molar-refractivity contribution in [2.45, 2.75) is 31.1 Å². The van der Waals surface area contributed by atoms with E-state index >= 15 is 0 Å². The molecule has 0 saturated carbocycles. The average molecular weight is 479 g/mol. The molecule has 0 unspecified atom stereocenters. The van der Waals surface area contributed by atoms with E-state index in [2.05, 4.69) is 25.6 Å². The molecule has 0 spiro atoms. The van der Waals surface area contributed by atoms with Gasteiger partial charge in [0, 0.05) is 31.5 Å². The molecular weight excluding hydrogens is 457 g/mol. The molecule has 0 radical (unpaired) electrons. The van der Waals surface area contributed by atoms with Gasteiger partial charge in [-0.05, 0) is 12.8 Å². The van der Waals surface area contributed by atoms with Gasteiger partial charge in [-0.1, -0.05) is 11.3 Å². The Bertz CT molecular complexity index is 1030. The molecule has 170 valence electrons. The molecule has 0 amide bonds. The Morgan fingerprint density at radius 3 is 2.42 bits per heavy atom. The van der Waals surface area contributed by atoms with Gasteiger partial charge in [0.2, 0.25) is 16.0 Å². The number of hydrogen-bond acceptors (Lipinski definition) is 9. The van der Waals surface area contributed by atoms with E-state index in [9.17, 15) is 21.6 Å². The summed E-state index contributed by atoms with van der Waals surface area (Å²) in [5.74, 6) is 0.0658. The van der Waals surface area contributed by atoms with Crippen molar-refractivity contribution in [3.8, 4) is 10.6 Å². The SMILES string of the molecule is CS(=O)(=O)N1CCC(Nc2ncc(C(F)(F)F)c(-c3cnc(NC4COC4)s3)n2)CC1. The van der Waals surface area contributed by atoms with Gasteiger partial charge in [0.15, 0.2) is 5.13 Å². The first-order chi connectivity index (χ1) is 14.6. The van der Waals surface area contributed by atoms with Crippen molar-refractivity contribution in [2.75, 3.05) is 43.2 Å². The number of alkyl halides is 3. The van der Waals surface area contributed by atoms with Crippen LogP contribution in [0, 0.1) is 0 Å². The van der Waals surface area contributed by atoms with Crippen LogP contribution in [0.4, 0.5) is 24.3 Å². The minimum Gasteiger partial charge on any atom is -0.377 e. The first-order valence-electron chi connectivity index (χ1n) is 9.56. The highest BCUT2D eigenvalue weighted by molar-refractivity contribution is 7.88. The fraction of sp³-hybridized carbons (Fsp3) is 0.588. The first-order valence-corrected chi connectivity index (χ1v) is 12.2. The second kappa shape index (κ2) is 8.48. The van der Waals surface area contributed by atoms with Crippen LogP contribution in [0.1, 0.15) is 18.4 Å². The van der Waals surface area contributed by atoms with Crippen LogP contribution >= 0.6 is 11.3 Å². The number of thiazole rings is 1. The third-order valence-electron chi connectivity index (χ3n) is 5.06. The Morgan fingerprint density at radius 1 is 1.13 bits per heavy atom. The minimum atomic E-state index is -4.62. The van der Waals surface area contributed by atoms with Crippen molar-refractivity contribution >= 4 is 32.4 Å². The standard InChI is InChI=1S/C17H21F3N6O3S2/c1-31(27,28)26-4-2-10(3-5-26)23-15-21-6-12(17(18,19)20)14(25-15)13-7-22-16(30-13)24-11-8-29-9-11/h6-7,10-11H,2-5,8-9H2,1H3,(H,22,24)(H,21,23,25). The summed E-state index contributed by atoms with van der Waals surface area (Å²) in [4.78, 5) is 12.4. The molecule has 0 bridgehead atoms. The number of piperidine rings is 1. The Labute approximate surface area is 181 Å². The third kappa shape index (κ3) is 5.25. The van der Waals surface area contributed by atoms with Crippen LogP contribution in [0.15, 0.2) is 12.4 Å². The summed E-state index contributed by atoms with van der Waals surface area (Å²) in [7, 11) is -3.26. The molecule has 2 aliphatic heterocycles. The Hall–Kier alpha value is -2.03. The van der Waals surface area contributed by atoms with Crippen molar-refractivity contribution in [3.63, 3.8) is 0 Å². The van der Waals surface area contributed by atoms with Crippen LogP contribution in [0.2, 0.25) is 0 Å². The van der Waals surface area contributed by atoms with Gasteiger partial charge >= 0.3 is 6.18 Å². The number of aromatic nitrogens is 3. The number of rotatable bonds is 6. The maximum atomic E-state index is 13.5. The average Bonchev–Trinajstić information content (AvgIpc) is 3.12. The number of hydrogen-bond donors (Lipinski definition) is 2. The number of nitrogens with one attached hydrogen (secondary N) is 2. The molecule has 4 rings (SSSR count). The minimum absolute atomic E-state index is 0.0658. The second-order valence-electron chi connectivity index (χ2n) is 7.44. The van der Waals surface area contributed by atoms with E-state index in [0.717, 1.165) is 23.8 Å². The van der Waals surface area contributed by atoms with Gasteiger partial charge in [0.05, 0.1) is 36.1 Å². The summed E-state index contributed by atoms with van der Waals surface area (Å²) >= 11 is 1.08. The van der Waals surface area contributed by atoms with Crippen LogP contribution in [-0.2, 0) is 20.9 Å². The second-order valence-corrected chi connectivity index (χ2v) is 10.5. The molecule has 9 nitrogen and oxygen atoms in total. The van der Waals surface area contributed by atoms with Gasteiger partial charge in [-0.3, -0.25) is 0 Å². The highest BCUT2D eigenvalue weighted by Gasteiger charge is 2.36. The highest BCUT2D eigenvalue weighted by atomic mass is 32.2. The summed E-state index contributed by atoms with van der Waals surface area (Å²) in [5.41, 5.74) is -1.18. The van der Waals surface area contributed by atoms with Gasteiger partial charge in [-0.25, -0.2) is 27.7 Å². The summed E-state index contributed by atoms with van der Waals surface area (Å²) in [5, 5.41) is 6.65. The van der Waals surface area contributed by atoms with Crippen LogP contribution in [-0.4, -0.2) is 72.3 Å². The maximum absolute atomic E-state index is 13.5. The molecule has 2 saturated heterocycles. The number of ether oxygens (including phenoxy) is 1. The fourth-order valence-electron chi connectivity index (χ4n) is 3.30. The van der Waals surface area contributed by atoms with Crippen molar-refractivity contribution < 1.29 is 26.3 Å². The van der Waals surface area contributed by atoms with Crippen molar-refractivity contribution in [2.24, 2.45) is 0 Å². The van der Waals surface area contributed by atoms with Gasteiger partial charge in [0.1, 0.15) is 5.56 Å². The van der Waals surface area contributed by atoms with Gasteiger partial charge in [0.25, 0.3) is 0 Å². The predicted molar refractivity (Wildman–Crippen MR) is 109 cm³/mol. The predicted octanol–water partition coefficient (Wildman–Crippen LogP) is 2.27. The maximum Gasteiger partial charge on any atom is 0.420 e. The van der Waals surface area contributed by atoms with Crippen LogP contribution in [0.5, 0.6) is 0 Å². The molecule has 0 aliphatic carbocycles. The lowest BCUT2D eigenvalue weighted by Gasteiger charge is -2.30. The quantitative estimate of drug-likeness (QED) is 0.651. The molecule has 14 heteroatoms.